The Hall–Kier alpha value is -1.04. The van der Waals surface area contributed by atoms with E-state index in [0.717, 1.165) is 12.8 Å². The predicted molar refractivity (Wildman–Crippen MR) is 35.3 cm³/mol. The summed E-state index contributed by atoms with van der Waals surface area (Å²) in [7, 11) is 0. The van der Waals surface area contributed by atoms with E-state index in [2.05, 4.69) is 11.2 Å². The SMILES string of the molecule is N#CC1=NOC2CCCC12. The Balaban J connectivity index is 2.20. The summed E-state index contributed by atoms with van der Waals surface area (Å²) in [5.74, 6) is 0.324. The summed E-state index contributed by atoms with van der Waals surface area (Å²) in [5, 5.41) is 12.2. The van der Waals surface area contributed by atoms with Gasteiger partial charge in [0.25, 0.3) is 0 Å². The van der Waals surface area contributed by atoms with E-state index in [-0.39, 0.29) is 6.10 Å². The third kappa shape index (κ3) is 0.621. The summed E-state index contributed by atoms with van der Waals surface area (Å²) >= 11 is 0. The second kappa shape index (κ2) is 1.98. The van der Waals surface area contributed by atoms with Crippen molar-refractivity contribution in [3.8, 4) is 6.07 Å². The lowest BCUT2D eigenvalue weighted by molar-refractivity contribution is 0.0746. The molecule has 0 aromatic rings. The van der Waals surface area contributed by atoms with Gasteiger partial charge in [-0.3, -0.25) is 0 Å². The topological polar surface area (TPSA) is 45.4 Å². The third-order valence-corrected chi connectivity index (χ3v) is 2.20. The fourth-order valence-corrected chi connectivity index (χ4v) is 1.66. The molecule has 3 heteroatoms. The van der Waals surface area contributed by atoms with Gasteiger partial charge in [0.2, 0.25) is 0 Å². The smallest absolute Gasteiger partial charge is 0.163 e. The maximum Gasteiger partial charge on any atom is 0.163 e. The second-order valence-corrected chi connectivity index (χ2v) is 2.77. The van der Waals surface area contributed by atoms with E-state index in [1.165, 1.54) is 6.42 Å². The Morgan fingerprint density at radius 2 is 2.50 bits per heavy atom. The summed E-state index contributed by atoms with van der Waals surface area (Å²) in [6.45, 7) is 0. The van der Waals surface area contributed by atoms with Gasteiger partial charge in [0.1, 0.15) is 12.2 Å². The average molecular weight is 136 g/mol. The molecule has 2 aliphatic rings. The number of fused-ring (bicyclic) bond motifs is 1. The summed E-state index contributed by atoms with van der Waals surface area (Å²) < 4.78 is 0. The average Bonchev–Trinajstić information content (AvgIpc) is 2.44. The molecule has 0 amide bonds. The third-order valence-electron chi connectivity index (χ3n) is 2.20. The molecule has 2 unspecified atom stereocenters. The lowest BCUT2D eigenvalue weighted by Gasteiger charge is -2.03. The van der Waals surface area contributed by atoms with Crippen LogP contribution in [-0.2, 0) is 4.84 Å². The van der Waals surface area contributed by atoms with E-state index in [9.17, 15) is 0 Å². The molecule has 0 radical (unpaired) electrons. The van der Waals surface area contributed by atoms with Crippen molar-refractivity contribution < 1.29 is 4.84 Å². The number of rotatable bonds is 0. The van der Waals surface area contributed by atoms with Crippen molar-refractivity contribution in [3.63, 3.8) is 0 Å². The van der Waals surface area contributed by atoms with E-state index in [1.54, 1.807) is 0 Å². The molecule has 52 valence electrons. The minimum absolute atomic E-state index is 0.231. The van der Waals surface area contributed by atoms with Crippen LogP contribution in [0.5, 0.6) is 0 Å². The molecule has 0 aromatic carbocycles. The van der Waals surface area contributed by atoms with Gasteiger partial charge < -0.3 is 4.84 Å². The van der Waals surface area contributed by atoms with Gasteiger partial charge in [0.05, 0.1) is 5.92 Å². The molecular formula is C7H8N2O. The highest BCUT2D eigenvalue weighted by atomic mass is 16.6. The van der Waals surface area contributed by atoms with Gasteiger partial charge >= 0.3 is 0 Å². The van der Waals surface area contributed by atoms with E-state index < -0.39 is 0 Å². The van der Waals surface area contributed by atoms with Crippen molar-refractivity contribution in [2.45, 2.75) is 25.4 Å². The fraction of sp³-hybridized carbons (Fsp3) is 0.714. The van der Waals surface area contributed by atoms with Crippen molar-refractivity contribution >= 4 is 5.71 Å². The lowest BCUT2D eigenvalue weighted by Crippen LogP contribution is -2.15. The summed E-state index contributed by atoms with van der Waals surface area (Å²) in [6, 6.07) is 2.06. The minimum Gasteiger partial charge on any atom is -0.391 e. The van der Waals surface area contributed by atoms with Crippen LogP contribution in [0.4, 0.5) is 0 Å². The number of hydrogen-bond donors (Lipinski definition) is 0. The predicted octanol–water partition coefficient (Wildman–Crippen LogP) is 1.06. The van der Waals surface area contributed by atoms with Crippen molar-refractivity contribution in [2.24, 2.45) is 11.1 Å². The molecule has 0 spiro atoms. The summed E-state index contributed by atoms with van der Waals surface area (Å²) in [6.07, 6.45) is 3.56. The molecule has 2 atom stereocenters. The molecule has 2 rings (SSSR count). The Kier molecular flexibility index (Phi) is 1.13. The Morgan fingerprint density at radius 3 is 3.30 bits per heavy atom. The maximum absolute atomic E-state index is 8.55. The zero-order chi connectivity index (χ0) is 6.97. The van der Waals surface area contributed by atoms with Crippen LogP contribution in [0.15, 0.2) is 5.16 Å². The molecule has 0 aromatic heterocycles. The fourth-order valence-electron chi connectivity index (χ4n) is 1.66. The molecule has 1 aliphatic carbocycles. The zero-order valence-corrected chi connectivity index (χ0v) is 5.58. The molecule has 0 saturated heterocycles. The maximum atomic E-state index is 8.55. The normalized spacial score (nSPS) is 36.1. The van der Waals surface area contributed by atoms with E-state index in [1.807, 2.05) is 0 Å². The first kappa shape index (κ1) is 5.72. The molecule has 0 N–H and O–H groups in total. The first-order valence-electron chi connectivity index (χ1n) is 3.55. The lowest BCUT2D eigenvalue weighted by atomic mass is 10.0. The minimum atomic E-state index is 0.231. The van der Waals surface area contributed by atoms with Crippen molar-refractivity contribution in [2.75, 3.05) is 0 Å². The van der Waals surface area contributed by atoms with Crippen LogP contribution in [0.3, 0.4) is 0 Å². The van der Waals surface area contributed by atoms with Gasteiger partial charge in [-0.25, -0.2) is 0 Å². The van der Waals surface area contributed by atoms with Crippen LogP contribution in [0.1, 0.15) is 19.3 Å². The molecule has 1 heterocycles. The van der Waals surface area contributed by atoms with Crippen molar-refractivity contribution in [1.29, 1.82) is 5.26 Å². The van der Waals surface area contributed by atoms with Crippen LogP contribution in [-0.4, -0.2) is 11.8 Å². The number of oxime groups is 1. The van der Waals surface area contributed by atoms with E-state index in [4.69, 9.17) is 10.1 Å². The quantitative estimate of drug-likeness (QED) is 0.500. The number of nitrogens with zero attached hydrogens (tertiary/aromatic N) is 2. The highest BCUT2D eigenvalue weighted by molar-refractivity contribution is 6.01. The first-order valence-corrected chi connectivity index (χ1v) is 3.55. The Morgan fingerprint density at radius 1 is 1.60 bits per heavy atom. The van der Waals surface area contributed by atoms with Gasteiger partial charge in [-0.2, -0.15) is 5.26 Å². The van der Waals surface area contributed by atoms with Crippen LogP contribution >= 0.6 is 0 Å². The van der Waals surface area contributed by atoms with Crippen molar-refractivity contribution in [3.05, 3.63) is 0 Å². The van der Waals surface area contributed by atoms with Gasteiger partial charge in [-0.1, -0.05) is 5.16 Å². The molecule has 0 bridgehead atoms. The highest BCUT2D eigenvalue weighted by Gasteiger charge is 2.37. The van der Waals surface area contributed by atoms with Gasteiger partial charge in [0, 0.05) is 0 Å². The molecule has 1 fully saturated rings. The number of nitriles is 1. The van der Waals surface area contributed by atoms with E-state index >= 15 is 0 Å². The standard InChI is InChI=1S/C7H8N2O/c8-4-6-5-2-1-3-7(5)10-9-6/h5,7H,1-3H2. The summed E-state index contributed by atoms with van der Waals surface area (Å²) in [4.78, 5) is 5.05. The largest absolute Gasteiger partial charge is 0.391 e. The molecule has 3 nitrogen and oxygen atoms in total. The monoisotopic (exact) mass is 136 g/mol. The molecule has 1 aliphatic heterocycles. The molecular weight excluding hydrogens is 128 g/mol. The second-order valence-electron chi connectivity index (χ2n) is 2.77. The highest BCUT2D eigenvalue weighted by Crippen LogP contribution is 2.33. The van der Waals surface area contributed by atoms with Crippen LogP contribution < -0.4 is 0 Å². The van der Waals surface area contributed by atoms with E-state index in [0.29, 0.717) is 11.6 Å². The summed E-state index contributed by atoms with van der Waals surface area (Å²) in [5.41, 5.74) is 0.600. The van der Waals surface area contributed by atoms with Gasteiger partial charge in [-0.15, -0.1) is 0 Å². The molecule has 1 saturated carbocycles. The first-order chi connectivity index (χ1) is 4.92. The van der Waals surface area contributed by atoms with Gasteiger partial charge in [-0.05, 0) is 19.3 Å². The van der Waals surface area contributed by atoms with Gasteiger partial charge in [0.15, 0.2) is 5.71 Å². The zero-order valence-electron chi connectivity index (χ0n) is 5.58. The Labute approximate surface area is 59.3 Å². The number of hydrogen-bond acceptors (Lipinski definition) is 3. The Bertz CT molecular complexity index is 216. The van der Waals surface area contributed by atoms with Crippen LogP contribution in [0.25, 0.3) is 0 Å². The van der Waals surface area contributed by atoms with Crippen molar-refractivity contribution in [1.82, 2.24) is 0 Å². The van der Waals surface area contributed by atoms with Crippen LogP contribution in [0, 0.1) is 17.2 Å². The molecule has 10 heavy (non-hydrogen) atoms. The van der Waals surface area contributed by atoms with Crippen LogP contribution in [0.2, 0.25) is 0 Å².